The van der Waals surface area contributed by atoms with Crippen LogP contribution >= 0.6 is 0 Å². The number of nitrogens with zero attached hydrogens (tertiary/aromatic N) is 2. The van der Waals surface area contributed by atoms with E-state index in [1.165, 1.54) is 0 Å². The third-order valence-electron chi connectivity index (χ3n) is 5.95. The van der Waals surface area contributed by atoms with Crippen LogP contribution in [0.15, 0.2) is 47.4 Å². The van der Waals surface area contributed by atoms with Crippen LogP contribution in [-0.4, -0.2) is 57.1 Å². The van der Waals surface area contributed by atoms with E-state index < -0.39 is 30.8 Å². The molecule has 0 aliphatic carbocycles. The lowest BCUT2D eigenvalue weighted by Crippen LogP contribution is -2.50. The lowest BCUT2D eigenvalue weighted by molar-refractivity contribution is 0.0359. The monoisotopic (exact) mass is 546 g/mol. The smallest absolute Gasteiger partial charge is 0.413 e. The van der Waals surface area contributed by atoms with Crippen molar-refractivity contribution < 1.29 is 22.4 Å². The molecule has 0 saturated carbocycles. The van der Waals surface area contributed by atoms with Gasteiger partial charge in [-0.05, 0) is 76.4 Å². The summed E-state index contributed by atoms with van der Waals surface area (Å²) in [7, 11) is -4.70. The van der Waals surface area contributed by atoms with Crippen LogP contribution in [0.1, 0.15) is 54.4 Å². The standard InChI is InChI=1S/C27H40N3O5SSi/c1-26(2,3)24(35-37(7)8)22-12-10-18-30(22)36(32,33)20-16-14-19(15-17-20)21-11-9-13-23(28-21)29-25(31)34-27(4,5)6/h9,11,13-17,22,24H,10,12,18H2,1-8H3,(H,28,29,31). The molecule has 37 heavy (non-hydrogen) atoms. The molecule has 1 radical (unpaired) electrons. The number of aromatic nitrogens is 1. The van der Waals surface area contributed by atoms with Crippen molar-refractivity contribution in [3.63, 3.8) is 0 Å². The summed E-state index contributed by atoms with van der Waals surface area (Å²) in [6.45, 7) is 16.4. The number of pyridine rings is 1. The van der Waals surface area contributed by atoms with Crippen molar-refractivity contribution >= 4 is 31.0 Å². The molecule has 1 saturated heterocycles. The molecule has 8 nitrogen and oxygen atoms in total. The molecule has 1 aromatic carbocycles. The fourth-order valence-electron chi connectivity index (χ4n) is 4.46. The molecule has 0 bridgehead atoms. The number of benzene rings is 1. The highest BCUT2D eigenvalue weighted by Crippen LogP contribution is 2.36. The molecule has 2 atom stereocenters. The van der Waals surface area contributed by atoms with Gasteiger partial charge in [0, 0.05) is 12.1 Å². The van der Waals surface area contributed by atoms with Crippen molar-refractivity contribution in [2.24, 2.45) is 5.41 Å². The van der Waals surface area contributed by atoms with Gasteiger partial charge in [0.2, 0.25) is 19.1 Å². The highest BCUT2D eigenvalue weighted by molar-refractivity contribution is 7.89. The van der Waals surface area contributed by atoms with Gasteiger partial charge in [-0.15, -0.1) is 0 Å². The highest BCUT2D eigenvalue weighted by Gasteiger charge is 2.44. The van der Waals surface area contributed by atoms with Gasteiger partial charge in [-0.2, -0.15) is 4.31 Å². The molecule has 1 amide bonds. The first-order valence-corrected chi connectivity index (χ1v) is 16.5. The van der Waals surface area contributed by atoms with Crippen molar-refractivity contribution in [1.29, 1.82) is 0 Å². The van der Waals surface area contributed by atoms with Gasteiger partial charge < -0.3 is 9.16 Å². The number of carbonyl (C=O) groups excluding carboxylic acids is 1. The minimum Gasteiger partial charge on any atom is -0.444 e. The fraction of sp³-hybridized carbons (Fsp3) is 0.556. The summed E-state index contributed by atoms with van der Waals surface area (Å²) in [5.74, 6) is 0.351. The average Bonchev–Trinajstić information content (AvgIpc) is 3.26. The van der Waals surface area contributed by atoms with E-state index in [9.17, 15) is 13.2 Å². The van der Waals surface area contributed by atoms with E-state index in [1.54, 1.807) is 67.5 Å². The second-order valence-corrected chi connectivity index (χ2v) is 15.6. The van der Waals surface area contributed by atoms with Crippen molar-refractivity contribution in [2.45, 2.75) is 90.1 Å². The predicted octanol–water partition coefficient (Wildman–Crippen LogP) is 5.93. The molecule has 2 heterocycles. The number of carbonyl (C=O) groups is 1. The zero-order chi connectivity index (χ0) is 27.6. The number of hydrogen-bond acceptors (Lipinski definition) is 6. The summed E-state index contributed by atoms with van der Waals surface area (Å²) < 4.78 is 40.7. The van der Waals surface area contributed by atoms with Gasteiger partial charge in [-0.25, -0.2) is 18.2 Å². The first-order chi connectivity index (χ1) is 17.1. The topological polar surface area (TPSA) is 97.8 Å². The molecule has 2 unspecified atom stereocenters. The van der Waals surface area contributed by atoms with E-state index in [0.29, 0.717) is 18.1 Å². The van der Waals surface area contributed by atoms with Crippen molar-refractivity contribution in [3.8, 4) is 11.3 Å². The van der Waals surface area contributed by atoms with Crippen LogP contribution in [0.2, 0.25) is 13.1 Å². The minimum atomic E-state index is -3.70. The number of sulfonamides is 1. The summed E-state index contributed by atoms with van der Waals surface area (Å²) in [6, 6.07) is 11.8. The fourth-order valence-corrected chi connectivity index (χ4v) is 7.17. The Bertz CT molecular complexity index is 1190. The molecule has 10 heteroatoms. The summed E-state index contributed by atoms with van der Waals surface area (Å²) in [6.07, 6.45) is 0.845. The Kier molecular flexibility index (Phi) is 8.88. The number of hydrogen-bond donors (Lipinski definition) is 1. The Labute approximate surface area is 223 Å². The van der Waals surface area contributed by atoms with Gasteiger partial charge in [0.1, 0.15) is 11.4 Å². The Morgan fingerprint density at radius 2 is 1.73 bits per heavy atom. The third-order valence-corrected chi connectivity index (χ3v) is 8.61. The maximum atomic E-state index is 13.7. The van der Waals surface area contributed by atoms with Crippen molar-refractivity contribution in [3.05, 3.63) is 42.5 Å². The lowest BCUT2D eigenvalue weighted by atomic mass is 9.84. The van der Waals surface area contributed by atoms with Crippen LogP contribution in [0.4, 0.5) is 10.6 Å². The molecule has 203 valence electrons. The molecule has 1 aromatic heterocycles. The van der Waals surface area contributed by atoms with Gasteiger partial charge in [0.25, 0.3) is 0 Å². The zero-order valence-electron chi connectivity index (χ0n) is 23.2. The molecule has 1 N–H and O–H groups in total. The van der Waals surface area contributed by atoms with Crippen LogP contribution in [0.25, 0.3) is 11.3 Å². The Morgan fingerprint density at radius 1 is 1.08 bits per heavy atom. The van der Waals surface area contributed by atoms with E-state index in [-0.39, 0.29) is 22.5 Å². The number of nitrogens with one attached hydrogen (secondary N) is 1. The first-order valence-electron chi connectivity index (χ1n) is 12.6. The molecule has 1 aliphatic rings. The van der Waals surface area contributed by atoms with Crippen LogP contribution in [0, 0.1) is 5.41 Å². The maximum absolute atomic E-state index is 13.7. The Hall–Kier alpha value is -2.27. The van der Waals surface area contributed by atoms with Gasteiger partial charge in [0.05, 0.1) is 22.7 Å². The summed E-state index contributed by atoms with van der Waals surface area (Å²) in [5.41, 5.74) is 0.550. The molecule has 0 spiro atoms. The second-order valence-electron chi connectivity index (χ2n) is 11.7. The number of amides is 1. The van der Waals surface area contributed by atoms with E-state index in [2.05, 4.69) is 44.2 Å². The predicted molar refractivity (Wildman–Crippen MR) is 148 cm³/mol. The normalized spacial score (nSPS) is 18.1. The van der Waals surface area contributed by atoms with E-state index in [4.69, 9.17) is 9.16 Å². The highest BCUT2D eigenvalue weighted by atomic mass is 32.2. The molecule has 1 aliphatic heterocycles. The number of anilines is 1. The van der Waals surface area contributed by atoms with Gasteiger partial charge in [-0.1, -0.05) is 39.0 Å². The summed E-state index contributed by atoms with van der Waals surface area (Å²) in [5, 5.41) is 2.64. The van der Waals surface area contributed by atoms with Gasteiger partial charge in [-0.3, -0.25) is 5.32 Å². The molecule has 2 aromatic rings. The number of ether oxygens (including phenoxy) is 1. The summed E-state index contributed by atoms with van der Waals surface area (Å²) >= 11 is 0. The quantitative estimate of drug-likeness (QED) is 0.432. The minimum absolute atomic E-state index is 0.169. The third kappa shape index (κ3) is 7.62. The van der Waals surface area contributed by atoms with Crippen LogP contribution in [-0.2, 0) is 19.2 Å². The second kappa shape index (κ2) is 11.2. The molecule has 3 rings (SSSR count). The molecular formula is C27H40N3O5SSi. The first kappa shape index (κ1) is 29.3. The van der Waals surface area contributed by atoms with Crippen molar-refractivity contribution in [1.82, 2.24) is 9.29 Å². The lowest BCUT2D eigenvalue weighted by Gasteiger charge is -2.40. The van der Waals surface area contributed by atoms with E-state index >= 15 is 0 Å². The zero-order valence-corrected chi connectivity index (χ0v) is 25.0. The van der Waals surface area contributed by atoms with Crippen LogP contribution in [0.3, 0.4) is 0 Å². The van der Waals surface area contributed by atoms with Gasteiger partial charge >= 0.3 is 6.09 Å². The Balaban J connectivity index is 1.82. The SMILES string of the molecule is C[Si](C)OC(C1CCCN1S(=O)(=O)c1ccc(-c2cccc(NC(=O)OC(C)(C)C)n2)cc1)C(C)(C)C. The van der Waals surface area contributed by atoms with E-state index in [1.807, 2.05) is 0 Å². The van der Waals surface area contributed by atoms with Crippen molar-refractivity contribution in [2.75, 3.05) is 11.9 Å². The molecule has 1 fully saturated rings. The van der Waals surface area contributed by atoms with Gasteiger partial charge in [0.15, 0.2) is 0 Å². The molecular weight excluding hydrogens is 506 g/mol. The number of rotatable bonds is 7. The maximum Gasteiger partial charge on any atom is 0.413 e. The Morgan fingerprint density at radius 3 is 2.30 bits per heavy atom. The summed E-state index contributed by atoms with van der Waals surface area (Å²) in [4.78, 5) is 16.8. The van der Waals surface area contributed by atoms with Crippen LogP contribution in [0.5, 0.6) is 0 Å². The van der Waals surface area contributed by atoms with E-state index in [0.717, 1.165) is 18.4 Å². The largest absolute Gasteiger partial charge is 0.444 e. The average molecular weight is 547 g/mol. The van der Waals surface area contributed by atoms with Crippen LogP contribution < -0.4 is 5.32 Å².